The summed E-state index contributed by atoms with van der Waals surface area (Å²) in [5.74, 6) is -1.31. The molecule has 0 saturated heterocycles. The molecule has 1 aromatic carbocycles. The third-order valence-corrected chi connectivity index (χ3v) is 2.54. The Morgan fingerprint density at radius 3 is 2.40 bits per heavy atom. The van der Waals surface area contributed by atoms with Gasteiger partial charge in [-0.25, -0.2) is 4.79 Å². The predicted octanol–water partition coefficient (Wildman–Crippen LogP) is 0.577. The topological polar surface area (TPSA) is 84.7 Å². The van der Waals surface area contributed by atoms with Crippen LogP contribution in [0.25, 0.3) is 0 Å². The van der Waals surface area contributed by atoms with E-state index in [4.69, 9.17) is 10.5 Å². The molecule has 1 aromatic rings. The first-order chi connectivity index (χ1) is 9.43. The average Bonchev–Trinajstić information content (AvgIpc) is 2.39. The van der Waals surface area contributed by atoms with Crippen LogP contribution in [0.3, 0.4) is 0 Å². The summed E-state index contributed by atoms with van der Waals surface area (Å²) in [4.78, 5) is 25.1. The smallest absolute Gasteiger partial charge is 0.332 e. The predicted molar refractivity (Wildman–Crippen MR) is 77.1 cm³/mol. The SMILES string of the molecule is CCOC(=O)C(N)C(=O)Nc1ccc(CN(C)C)cc1. The van der Waals surface area contributed by atoms with E-state index >= 15 is 0 Å². The van der Waals surface area contributed by atoms with E-state index in [1.165, 1.54) is 0 Å². The Kier molecular flexibility index (Phi) is 6.14. The minimum atomic E-state index is -1.31. The first-order valence-electron chi connectivity index (χ1n) is 6.40. The van der Waals surface area contributed by atoms with E-state index in [-0.39, 0.29) is 6.61 Å². The molecule has 110 valence electrons. The molecule has 20 heavy (non-hydrogen) atoms. The molecular formula is C14H21N3O3. The molecular weight excluding hydrogens is 258 g/mol. The second-order valence-corrected chi connectivity index (χ2v) is 4.65. The Bertz CT molecular complexity index is 457. The molecule has 1 rings (SSSR count). The van der Waals surface area contributed by atoms with Crippen molar-refractivity contribution in [2.45, 2.75) is 19.5 Å². The zero-order chi connectivity index (χ0) is 15.1. The number of esters is 1. The highest BCUT2D eigenvalue weighted by molar-refractivity contribution is 6.08. The number of amides is 1. The molecule has 1 atom stereocenters. The van der Waals surface area contributed by atoms with Gasteiger partial charge in [0.2, 0.25) is 0 Å². The van der Waals surface area contributed by atoms with Crippen molar-refractivity contribution < 1.29 is 14.3 Å². The van der Waals surface area contributed by atoms with Crippen LogP contribution < -0.4 is 11.1 Å². The van der Waals surface area contributed by atoms with Gasteiger partial charge < -0.3 is 20.7 Å². The van der Waals surface area contributed by atoms with E-state index in [9.17, 15) is 9.59 Å². The summed E-state index contributed by atoms with van der Waals surface area (Å²) in [6, 6.07) is 6.05. The van der Waals surface area contributed by atoms with Crippen LogP contribution in [-0.2, 0) is 20.9 Å². The number of hydrogen-bond acceptors (Lipinski definition) is 5. The highest BCUT2D eigenvalue weighted by Crippen LogP contribution is 2.11. The van der Waals surface area contributed by atoms with Gasteiger partial charge in [0.25, 0.3) is 5.91 Å². The maximum absolute atomic E-state index is 11.7. The first kappa shape index (κ1) is 16.1. The van der Waals surface area contributed by atoms with Crippen molar-refractivity contribution in [3.05, 3.63) is 29.8 Å². The largest absolute Gasteiger partial charge is 0.464 e. The lowest BCUT2D eigenvalue weighted by molar-refractivity contribution is -0.146. The van der Waals surface area contributed by atoms with Crippen molar-refractivity contribution in [1.29, 1.82) is 0 Å². The number of benzene rings is 1. The second-order valence-electron chi connectivity index (χ2n) is 4.65. The molecule has 3 N–H and O–H groups in total. The van der Waals surface area contributed by atoms with E-state index in [0.717, 1.165) is 12.1 Å². The van der Waals surface area contributed by atoms with Crippen LogP contribution in [0.15, 0.2) is 24.3 Å². The molecule has 6 nitrogen and oxygen atoms in total. The molecule has 0 aromatic heterocycles. The van der Waals surface area contributed by atoms with Gasteiger partial charge in [-0.15, -0.1) is 0 Å². The molecule has 0 spiro atoms. The molecule has 0 radical (unpaired) electrons. The Morgan fingerprint density at radius 2 is 1.90 bits per heavy atom. The highest BCUT2D eigenvalue weighted by Gasteiger charge is 2.23. The highest BCUT2D eigenvalue weighted by atomic mass is 16.5. The minimum Gasteiger partial charge on any atom is -0.464 e. The fourth-order valence-electron chi connectivity index (χ4n) is 1.62. The lowest BCUT2D eigenvalue weighted by Crippen LogP contribution is -2.43. The van der Waals surface area contributed by atoms with Crippen molar-refractivity contribution in [1.82, 2.24) is 4.90 Å². The first-order valence-corrected chi connectivity index (χ1v) is 6.40. The Balaban J connectivity index is 2.60. The van der Waals surface area contributed by atoms with Crippen molar-refractivity contribution in [2.75, 3.05) is 26.0 Å². The molecule has 6 heteroatoms. The summed E-state index contributed by atoms with van der Waals surface area (Å²) >= 11 is 0. The van der Waals surface area contributed by atoms with E-state index in [1.807, 2.05) is 31.1 Å². The summed E-state index contributed by atoms with van der Waals surface area (Å²) in [6.45, 7) is 2.67. The van der Waals surface area contributed by atoms with E-state index in [1.54, 1.807) is 19.1 Å². The number of nitrogens with two attached hydrogens (primary N) is 1. The number of rotatable bonds is 6. The molecule has 0 aliphatic heterocycles. The number of carbonyl (C=O) groups excluding carboxylic acids is 2. The zero-order valence-electron chi connectivity index (χ0n) is 12.1. The van der Waals surface area contributed by atoms with Gasteiger partial charge in [0, 0.05) is 12.2 Å². The lowest BCUT2D eigenvalue weighted by Gasteiger charge is -2.12. The monoisotopic (exact) mass is 279 g/mol. The van der Waals surface area contributed by atoms with Gasteiger partial charge in [-0.05, 0) is 38.7 Å². The second kappa shape index (κ2) is 7.62. The van der Waals surface area contributed by atoms with E-state index in [2.05, 4.69) is 5.32 Å². The van der Waals surface area contributed by atoms with E-state index in [0.29, 0.717) is 5.69 Å². The fourth-order valence-corrected chi connectivity index (χ4v) is 1.62. The molecule has 1 unspecified atom stereocenters. The van der Waals surface area contributed by atoms with Crippen LogP contribution in [0, 0.1) is 0 Å². The molecule has 0 aliphatic carbocycles. The van der Waals surface area contributed by atoms with Gasteiger partial charge >= 0.3 is 5.97 Å². The van der Waals surface area contributed by atoms with Crippen molar-refractivity contribution >= 4 is 17.6 Å². The fraction of sp³-hybridized carbons (Fsp3) is 0.429. The number of anilines is 1. The average molecular weight is 279 g/mol. The van der Waals surface area contributed by atoms with Crippen molar-refractivity contribution in [3.8, 4) is 0 Å². The number of hydrogen-bond donors (Lipinski definition) is 2. The summed E-state index contributed by atoms with van der Waals surface area (Å²) in [5.41, 5.74) is 7.22. The molecule has 0 aliphatic rings. The summed E-state index contributed by atoms with van der Waals surface area (Å²) in [5, 5.41) is 2.58. The normalized spacial score (nSPS) is 12.1. The van der Waals surface area contributed by atoms with Gasteiger partial charge in [-0.2, -0.15) is 0 Å². The van der Waals surface area contributed by atoms with E-state index < -0.39 is 17.9 Å². The molecule has 0 bridgehead atoms. The van der Waals surface area contributed by atoms with Gasteiger partial charge in [0.15, 0.2) is 6.04 Å². The van der Waals surface area contributed by atoms with Crippen molar-refractivity contribution in [2.24, 2.45) is 5.73 Å². The molecule has 0 saturated carbocycles. The summed E-state index contributed by atoms with van der Waals surface area (Å²) in [6.07, 6.45) is 0. The van der Waals surface area contributed by atoms with Crippen LogP contribution in [0.4, 0.5) is 5.69 Å². The van der Waals surface area contributed by atoms with Crippen LogP contribution in [0.1, 0.15) is 12.5 Å². The molecule has 0 fully saturated rings. The van der Waals surface area contributed by atoms with Gasteiger partial charge in [0.05, 0.1) is 6.61 Å². The van der Waals surface area contributed by atoms with Crippen LogP contribution in [0.2, 0.25) is 0 Å². The van der Waals surface area contributed by atoms with Crippen LogP contribution >= 0.6 is 0 Å². The van der Waals surface area contributed by atoms with Gasteiger partial charge in [-0.1, -0.05) is 12.1 Å². The molecule has 0 heterocycles. The van der Waals surface area contributed by atoms with Crippen LogP contribution in [-0.4, -0.2) is 43.5 Å². The Labute approximate surface area is 118 Å². The quantitative estimate of drug-likeness (QED) is 0.587. The van der Waals surface area contributed by atoms with Gasteiger partial charge in [0.1, 0.15) is 0 Å². The third kappa shape index (κ3) is 4.99. The zero-order valence-corrected chi connectivity index (χ0v) is 12.1. The van der Waals surface area contributed by atoms with Crippen LogP contribution in [0.5, 0.6) is 0 Å². The summed E-state index contributed by atoms with van der Waals surface area (Å²) in [7, 11) is 3.96. The Morgan fingerprint density at radius 1 is 1.30 bits per heavy atom. The van der Waals surface area contributed by atoms with Crippen molar-refractivity contribution in [3.63, 3.8) is 0 Å². The maximum atomic E-state index is 11.7. The number of ether oxygens (including phenoxy) is 1. The minimum absolute atomic E-state index is 0.193. The number of nitrogens with one attached hydrogen (secondary N) is 1. The standard InChI is InChI=1S/C14H21N3O3/c1-4-20-14(19)12(15)13(18)16-11-7-5-10(6-8-11)9-17(2)3/h5-8,12H,4,9,15H2,1-3H3,(H,16,18). The third-order valence-electron chi connectivity index (χ3n) is 2.54. The maximum Gasteiger partial charge on any atom is 0.332 e. The van der Waals surface area contributed by atoms with Gasteiger partial charge in [-0.3, -0.25) is 4.79 Å². The summed E-state index contributed by atoms with van der Waals surface area (Å²) < 4.78 is 4.70. The lowest BCUT2D eigenvalue weighted by atomic mass is 10.2. The number of carbonyl (C=O) groups is 2. The Hall–Kier alpha value is -1.92. The number of nitrogens with zero attached hydrogens (tertiary/aromatic N) is 1. The molecule has 1 amide bonds.